The molecular weight excluding hydrogens is 211 g/mol. The first-order chi connectivity index (χ1) is 5.85. The van der Waals surface area contributed by atoms with Crippen molar-refractivity contribution in [3.63, 3.8) is 0 Å². The molecule has 88 valence electrons. The molecule has 0 aromatic heterocycles. The van der Waals surface area contributed by atoms with E-state index in [-0.39, 0.29) is 58.0 Å². The molecule has 1 rings (SSSR count). The monoisotopic (exact) mass is 234 g/mol. The van der Waals surface area contributed by atoms with Crippen molar-refractivity contribution in [1.82, 2.24) is 0 Å². The second-order valence-electron chi connectivity index (χ2n) is 2.24. The van der Waals surface area contributed by atoms with Crippen molar-refractivity contribution in [3.8, 4) is 0 Å². The van der Waals surface area contributed by atoms with E-state index < -0.39 is 0 Å². The van der Waals surface area contributed by atoms with E-state index in [2.05, 4.69) is 25.1 Å². The fourth-order valence-corrected chi connectivity index (χ4v) is 0.877. The first kappa shape index (κ1) is 29.6. The van der Waals surface area contributed by atoms with Gasteiger partial charge in [-0.25, -0.2) is 0 Å². The van der Waals surface area contributed by atoms with Gasteiger partial charge in [-0.05, 0) is 0 Å². The molecule has 0 unspecified atom stereocenters. The quantitative estimate of drug-likeness (QED) is 0.559. The summed E-state index contributed by atoms with van der Waals surface area (Å²) in [6.07, 6.45) is 2.67. The van der Waals surface area contributed by atoms with E-state index in [4.69, 9.17) is 9.59 Å². The molecule has 16 heavy (non-hydrogen) atoms. The van der Waals surface area contributed by atoms with Gasteiger partial charge in [0, 0.05) is 0 Å². The molecule has 0 amide bonds. The molecule has 0 spiro atoms. The minimum atomic E-state index is 0. The largest absolute Gasteiger partial charge is 1.00 e. The zero-order valence-electron chi connectivity index (χ0n) is 8.04. The molecular formula is C13H23NaO2. The maximum Gasteiger partial charge on any atom is 1.00 e. The van der Waals surface area contributed by atoms with Crippen LogP contribution in [-0.2, 0) is 16.0 Å². The van der Waals surface area contributed by atoms with Gasteiger partial charge in [-0.3, -0.25) is 0 Å². The van der Waals surface area contributed by atoms with Gasteiger partial charge in [-0.2, -0.15) is 45.5 Å². The van der Waals surface area contributed by atoms with Crippen LogP contribution in [0.3, 0.4) is 0 Å². The first-order valence-electron chi connectivity index (χ1n) is 3.79. The Kier molecular flexibility index (Phi) is 44.5. The van der Waals surface area contributed by atoms with Crippen LogP contribution in [-0.4, -0.2) is 6.15 Å². The van der Waals surface area contributed by atoms with Gasteiger partial charge in [0.2, 0.25) is 0 Å². The molecule has 0 heterocycles. The van der Waals surface area contributed by atoms with Crippen LogP contribution in [0.2, 0.25) is 0 Å². The third-order valence-corrected chi connectivity index (χ3v) is 1.33. The van der Waals surface area contributed by atoms with Crippen LogP contribution in [0.15, 0.2) is 24.3 Å². The molecule has 0 N–H and O–H groups in total. The Balaban J connectivity index is -0.0000000528. The summed E-state index contributed by atoms with van der Waals surface area (Å²) in [7, 11) is 0. The van der Waals surface area contributed by atoms with Gasteiger partial charge in [0.1, 0.15) is 0 Å². The molecule has 0 bridgehead atoms. The van der Waals surface area contributed by atoms with Gasteiger partial charge in [0.05, 0.1) is 0 Å². The zero-order chi connectivity index (χ0) is 9.23. The zero-order valence-corrected chi connectivity index (χ0v) is 10.0. The Morgan fingerprint density at radius 2 is 1.50 bits per heavy atom. The summed E-state index contributed by atoms with van der Waals surface area (Å²) in [6.45, 7) is 2.19. The molecule has 0 radical (unpaired) electrons. The molecule has 0 aliphatic heterocycles. The molecule has 2 nitrogen and oxygen atoms in total. The Labute approximate surface area is 123 Å². The number of hydrogen-bond donors (Lipinski definition) is 0. The predicted molar refractivity (Wildman–Crippen MR) is 64.5 cm³/mol. The average molecular weight is 234 g/mol. The van der Waals surface area contributed by atoms with E-state index >= 15 is 0 Å². The van der Waals surface area contributed by atoms with E-state index in [9.17, 15) is 0 Å². The van der Waals surface area contributed by atoms with E-state index in [1.165, 1.54) is 18.4 Å². The summed E-state index contributed by atoms with van der Waals surface area (Å²) < 4.78 is 0. The molecule has 1 aromatic carbocycles. The smallest absolute Gasteiger partial charge is 0.186 e. The molecule has 0 saturated heterocycles. The van der Waals surface area contributed by atoms with E-state index in [1.54, 1.807) is 0 Å². The molecule has 0 aliphatic carbocycles. The fraction of sp³-hybridized carbons (Fsp3) is 0.462. The second-order valence-corrected chi connectivity index (χ2v) is 2.24. The van der Waals surface area contributed by atoms with Gasteiger partial charge in [0.25, 0.3) is 0 Å². The Bertz CT molecular complexity index is 229. The molecule has 0 fully saturated rings. The summed E-state index contributed by atoms with van der Waals surface area (Å²) in [6, 6.07) is 11.1. The minimum absolute atomic E-state index is 0. The predicted octanol–water partition coefficient (Wildman–Crippen LogP) is 0.768. The van der Waals surface area contributed by atoms with Crippen LogP contribution >= 0.6 is 0 Å². The summed E-state index contributed by atoms with van der Waals surface area (Å²) in [5, 5.41) is 0. The summed E-state index contributed by atoms with van der Waals surface area (Å²) in [5.41, 5.74) is 1.41. The van der Waals surface area contributed by atoms with Crippen molar-refractivity contribution in [2.75, 3.05) is 0 Å². The number of rotatable bonds is 2. The first-order valence-corrected chi connectivity index (χ1v) is 3.79. The Morgan fingerprint density at radius 3 is 1.81 bits per heavy atom. The fourth-order valence-electron chi connectivity index (χ4n) is 0.877. The van der Waals surface area contributed by atoms with Gasteiger partial charge < -0.3 is 0 Å². The number of hydrogen-bond acceptors (Lipinski definition) is 2. The van der Waals surface area contributed by atoms with E-state index in [1.807, 2.05) is 12.1 Å². The van der Waals surface area contributed by atoms with Crippen LogP contribution in [0.4, 0.5) is 0 Å². The van der Waals surface area contributed by atoms with Crippen molar-refractivity contribution in [2.45, 2.75) is 42.0 Å². The van der Waals surface area contributed by atoms with Crippen LogP contribution in [0.25, 0.3) is 0 Å². The van der Waals surface area contributed by atoms with E-state index in [0.717, 1.165) is 0 Å². The Morgan fingerprint density at radius 1 is 1.12 bits per heavy atom. The SMILES string of the molecule is C.C.C.CCCc1cc[c-]cc1.O=C=O.[Na+]. The molecule has 3 heteroatoms. The third kappa shape index (κ3) is 19.2. The van der Waals surface area contributed by atoms with Crippen LogP contribution in [0.5, 0.6) is 0 Å². The second kappa shape index (κ2) is 24.0. The minimum Gasteiger partial charge on any atom is -0.186 e. The maximum absolute atomic E-state index is 8.12. The summed E-state index contributed by atoms with van der Waals surface area (Å²) in [4.78, 5) is 16.2. The summed E-state index contributed by atoms with van der Waals surface area (Å²) >= 11 is 0. The normalized spacial score (nSPS) is 5.81. The van der Waals surface area contributed by atoms with Crippen LogP contribution in [0.1, 0.15) is 41.2 Å². The third-order valence-electron chi connectivity index (χ3n) is 1.33. The van der Waals surface area contributed by atoms with Crippen molar-refractivity contribution in [3.05, 3.63) is 35.9 Å². The van der Waals surface area contributed by atoms with Crippen molar-refractivity contribution in [2.24, 2.45) is 0 Å². The molecule has 0 saturated carbocycles. The number of carbonyl (C=O) groups excluding carboxylic acids is 2. The van der Waals surface area contributed by atoms with Gasteiger partial charge >= 0.3 is 35.7 Å². The van der Waals surface area contributed by atoms with Crippen LogP contribution in [0, 0.1) is 6.07 Å². The van der Waals surface area contributed by atoms with Crippen molar-refractivity contribution in [1.29, 1.82) is 0 Å². The van der Waals surface area contributed by atoms with Gasteiger partial charge in [-0.1, -0.05) is 42.0 Å². The average Bonchev–Trinajstić information content (AvgIpc) is 2.08. The number of benzene rings is 1. The molecule has 1 aromatic rings. The topological polar surface area (TPSA) is 34.1 Å². The van der Waals surface area contributed by atoms with Crippen LogP contribution < -0.4 is 29.6 Å². The van der Waals surface area contributed by atoms with E-state index in [0.29, 0.717) is 0 Å². The number of aryl methyl sites for hydroxylation is 1. The van der Waals surface area contributed by atoms with Crippen molar-refractivity contribution < 1.29 is 39.1 Å². The molecule has 0 aliphatic rings. The maximum atomic E-state index is 8.12. The van der Waals surface area contributed by atoms with Gasteiger partial charge in [0.15, 0.2) is 0 Å². The van der Waals surface area contributed by atoms with Gasteiger partial charge in [-0.15, -0.1) is 0 Å². The molecule has 0 atom stereocenters. The van der Waals surface area contributed by atoms with Crippen molar-refractivity contribution >= 4 is 6.15 Å². The summed E-state index contributed by atoms with van der Waals surface area (Å²) in [5.74, 6) is 0. The Hall–Kier alpha value is -0.400. The standard InChI is InChI=1S/C9H11.CO2.3CH4.Na/c1-2-6-9-7-4-3-5-8-9;2-1-3;;;;/h4-5,7-8H,2,6H2,1H3;;3*1H4;/q-1;;;;;+1.